The predicted molar refractivity (Wildman–Crippen MR) is 65.5 cm³/mol. The summed E-state index contributed by atoms with van der Waals surface area (Å²) in [7, 11) is 1.77. The molecule has 1 aliphatic rings. The van der Waals surface area contributed by atoms with Gasteiger partial charge in [0.25, 0.3) is 0 Å². The molecule has 1 atom stereocenters. The van der Waals surface area contributed by atoms with E-state index in [4.69, 9.17) is 10.5 Å². The zero-order valence-electron chi connectivity index (χ0n) is 9.72. The van der Waals surface area contributed by atoms with Gasteiger partial charge < -0.3 is 15.4 Å². The van der Waals surface area contributed by atoms with Crippen LogP contribution in [0.4, 0.5) is 11.5 Å². The first-order chi connectivity index (χ1) is 7.79. The van der Waals surface area contributed by atoms with Crippen LogP contribution >= 0.6 is 0 Å². The van der Waals surface area contributed by atoms with Crippen molar-refractivity contribution in [1.29, 1.82) is 0 Å². The second-order valence-corrected chi connectivity index (χ2v) is 4.35. The second kappa shape index (κ2) is 5.16. The number of pyridine rings is 1. The van der Waals surface area contributed by atoms with Crippen LogP contribution in [0.5, 0.6) is 0 Å². The molecule has 88 valence electrons. The first-order valence-electron chi connectivity index (χ1n) is 5.75. The van der Waals surface area contributed by atoms with Gasteiger partial charge in [-0.3, -0.25) is 0 Å². The molecule has 0 radical (unpaired) electrons. The average Bonchev–Trinajstić information content (AvgIpc) is 2.31. The predicted octanol–water partition coefficient (Wildman–Crippen LogP) is 1.53. The van der Waals surface area contributed by atoms with E-state index in [1.807, 2.05) is 18.3 Å². The van der Waals surface area contributed by atoms with E-state index in [0.29, 0.717) is 11.7 Å². The Balaban J connectivity index is 2.01. The molecule has 2 rings (SSSR count). The van der Waals surface area contributed by atoms with Crippen LogP contribution in [0.1, 0.15) is 12.8 Å². The van der Waals surface area contributed by atoms with Gasteiger partial charge in [-0.05, 0) is 30.9 Å². The van der Waals surface area contributed by atoms with Crippen molar-refractivity contribution in [2.75, 3.05) is 37.4 Å². The maximum atomic E-state index is 5.58. The molecule has 2 heterocycles. The van der Waals surface area contributed by atoms with Crippen molar-refractivity contribution in [3.8, 4) is 0 Å². The Labute approximate surface area is 96.4 Å². The van der Waals surface area contributed by atoms with Gasteiger partial charge in [0, 0.05) is 20.2 Å². The smallest absolute Gasteiger partial charge is 0.123 e. The van der Waals surface area contributed by atoms with Crippen molar-refractivity contribution in [3.63, 3.8) is 0 Å². The molecular weight excluding hydrogens is 202 g/mol. The number of nitrogen functional groups attached to an aromatic ring is 1. The lowest BCUT2D eigenvalue weighted by Gasteiger charge is -2.33. The first-order valence-corrected chi connectivity index (χ1v) is 5.75. The Morgan fingerprint density at radius 3 is 3.12 bits per heavy atom. The van der Waals surface area contributed by atoms with Gasteiger partial charge in [0.2, 0.25) is 0 Å². The maximum absolute atomic E-state index is 5.58. The lowest BCUT2D eigenvalue weighted by atomic mass is 9.98. The van der Waals surface area contributed by atoms with Crippen LogP contribution in [-0.4, -0.2) is 31.8 Å². The summed E-state index contributed by atoms with van der Waals surface area (Å²) in [6.45, 7) is 3.00. The number of nitrogens with zero attached hydrogens (tertiary/aromatic N) is 2. The Morgan fingerprint density at radius 2 is 2.44 bits per heavy atom. The Bertz CT molecular complexity index is 324. The van der Waals surface area contributed by atoms with Crippen molar-refractivity contribution in [1.82, 2.24) is 4.98 Å². The minimum atomic E-state index is 0.578. The summed E-state index contributed by atoms with van der Waals surface area (Å²) in [5.74, 6) is 1.21. The average molecular weight is 221 g/mol. The normalized spacial score (nSPS) is 21.1. The molecule has 4 nitrogen and oxygen atoms in total. The summed E-state index contributed by atoms with van der Waals surface area (Å²) >= 11 is 0. The number of methoxy groups -OCH3 is 1. The number of hydrogen-bond donors (Lipinski definition) is 1. The molecule has 1 unspecified atom stereocenters. The van der Waals surface area contributed by atoms with E-state index in [2.05, 4.69) is 9.88 Å². The fourth-order valence-corrected chi connectivity index (χ4v) is 2.26. The highest BCUT2D eigenvalue weighted by atomic mass is 16.5. The van der Waals surface area contributed by atoms with Crippen molar-refractivity contribution in [3.05, 3.63) is 18.3 Å². The molecule has 0 bridgehead atoms. The molecule has 0 saturated carbocycles. The van der Waals surface area contributed by atoms with Crippen LogP contribution in [0.15, 0.2) is 18.3 Å². The molecule has 1 fully saturated rings. The minimum absolute atomic E-state index is 0.578. The molecule has 0 aliphatic carbocycles. The summed E-state index contributed by atoms with van der Waals surface area (Å²) in [5.41, 5.74) is 6.74. The highest BCUT2D eigenvalue weighted by Gasteiger charge is 2.19. The summed E-state index contributed by atoms with van der Waals surface area (Å²) in [6.07, 6.45) is 4.33. The Kier molecular flexibility index (Phi) is 3.62. The molecular formula is C12H19N3O. The van der Waals surface area contributed by atoms with Crippen LogP contribution in [-0.2, 0) is 4.74 Å². The zero-order valence-corrected chi connectivity index (χ0v) is 9.72. The number of nitrogens with two attached hydrogens (primary N) is 1. The fourth-order valence-electron chi connectivity index (χ4n) is 2.26. The molecule has 1 aromatic rings. The minimum Gasteiger partial charge on any atom is -0.384 e. The van der Waals surface area contributed by atoms with Gasteiger partial charge in [-0.2, -0.15) is 0 Å². The van der Waals surface area contributed by atoms with E-state index in [0.717, 1.165) is 25.4 Å². The number of aromatic nitrogens is 1. The van der Waals surface area contributed by atoms with E-state index < -0.39 is 0 Å². The quantitative estimate of drug-likeness (QED) is 0.841. The van der Waals surface area contributed by atoms with Gasteiger partial charge >= 0.3 is 0 Å². The molecule has 4 heteroatoms. The third-order valence-electron chi connectivity index (χ3n) is 3.06. The third kappa shape index (κ3) is 2.64. The maximum Gasteiger partial charge on any atom is 0.123 e. The molecule has 0 amide bonds. The van der Waals surface area contributed by atoms with Crippen LogP contribution in [0.25, 0.3) is 0 Å². The van der Waals surface area contributed by atoms with Crippen LogP contribution < -0.4 is 10.6 Å². The van der Waals surface area contributed by atoms with Crippen LogP contribution in [0.3, 0.4) is 0 Å². The van der Waals surface area contributed by atoms with Crippen molar-refractivity contribution in [2.24, 2.45) is 5.92 Å². The molecule has 1 aromatic heterocycles. The zero-order chi connectivity index (χ0) is 11.4. The summed E-state index contributed by atoms with van der Waals surface area (Å²) in [4.78, 5) is 6.49. The van der Waals surface area contributed by atoms with Gasteiger partial charge in [0.15, 0.2) is 0 Å². The van der Waals surface area contributed by atoms with Crippen LogP contribution in [0.2, 0.25) is 0 Å². The molecule has 1 saturated heterocycles. The standard InChI is InChI=1S/C12H19N3O/c1-16-9-10-3-2-6-15(8-10)11-4-5-12(13)14-7-11/h4-5,7,10H,2-3,6,8-9H2,1H3,(H2,13,14). The lowest BCUT2D eigenvalue weighted by molar-refractivity contribution is 0.143. The molecule has 0 spiro atoms. The Hall–Kier alpha value is -1.29. The van der Waals surface area contributed by atoms with Crippen molar-refractivity contribution >= 4 is 11.5 Å². The van der Waals surface area contributed by atoms with E-state index in [9.17, 15) is 0 Å². The lowest BCUT2D eigenvalue weighted by Crippen LogP contribution is -2.37. The molecule has 2 N–H and O–H groups in total. The topological polar surface area (TPSA) is 51.4 Å². The van der Waals surface area contributed by atoms with Gasteiger partial charge in [-0.15, -0.1) is 0 Å². The third-order valence-corrected chi connectivity index (χ3v) is 3.06. The van der Waals surface area contributed by atoms with Crippen molar-refractivity contribution < 1.29 is 4.74 Å². The van der Waals surface area contributed by atoms with Gasteiger partial charge in [0.1, 0.15) is 5.82 Å². The Morgan fingerprint density at radius 1 is 1.56 bits per heavy atom. The summed E-state index contributed by atoms with van der Waals surface area (Å²) < 4.78 is 5.22. The SMILES string of the molecule is COCC1CCCN(c2ccc(N)nc2)C1. The number of hydrogen-bond acceptors (Lipinski definition) is 4. The number of ether oxygens (including phenoxy) is 1. The molecule has 16 heavy (non-hydrogen) atoms. The first kappa shape index (κ1) is 11.2. The number of rotatable bonds is 3. The second-order valence-electron chi connectivity index (χ2n) is 4.35. The monoisotopic (exact) mass is 221 g/mol. The van der Waals surface area contributed by atoms with Crippen molar-refractivity contribution in [2.45, 2.75) is 12.8 Å². The van der Waals surface area contributed by atoms with Gasteiger partial charge in [-0.25, -0.2) is 4.98 Å². The van der Waals surface area contributed by atoms with Crippen LogP contribution in [0, 0.1) is 5.92 Å². The van der Waals surface area contributed by atoms with E-state index in [1.54, 1.807) is 7.11 Å². The number of anilines is 2. The summed E-state index contributed by atoms with van der Waals surface area (Å²) in [6, 6.07) is 3.90. The fraction of sp³-hybridized carbons (Fsp3) is 0.583. The molecule has 1 aliphatic heterocycles. The highest BCUT2D eigenvalue weighted by molar-refractivity contribution is 5.48. The van der Waals surface area contributed by atoms with E-state index >= 15 is 0 Å². The van der Waals surface area contributed by atoms with E-state index in [-0.39, 0.29) is 0 Å². The van der Waals surface area contributed by atoms with Gasteiger partial charge in [0.05, 0.1) is 18.5 Å². The molecule has 0 aromatic carbocycles. The van der Waals surface area contributed by atoms with Gasteiger partial charge in [-0.1, -0.05) is 0 Å². The van der Waals surface area contributed by atoms with E-state index in [1.165, 1.54) is 12.8 Å². The largest absolute Gasteiger partial charge is 0.384 e. The highest BCUT2D eigenvalue weighted by Crippen LogP contribution is 2.22. The number of piperidine rings is 1. The summed E-state index contributed by atoms with van der Waals surface area (Å²) in [5, 5.41) is 0.